The molecule has 0 spiro atoms. The van der Waals surface area contributed by atoms with Crippen molar-refractivity contribution in [3.8, 4) is 5.75 Å². The van der Waals surface area contributed by atoms with E-state index in [9.17, 15) is 25.0 Å². The number of hydrazine groups is 1. The number of nitro benzene ring substituents is 2. The van der Waals surface area contributed by atoms with E-state index in [1.807, 2.05) is 0 Å². The van der Waals surface area contributed by atoms with Crippen molar-refractivity contribution in [2.75, 3.05) is 13.2 Å². The summed E-state index contributed by atoms with van der Waals surface area (Å²) < 4.78 is 4.80. The fourth-order valence-corrected chi connectivity index (χ4v) is 1.65. The van der Waals surface area contributed by atoms with Crippen molar-refractivity contribution in [3.63, 3.8) is 0 Å². The van der Waals surface area contributed by atoms with Crippen LogP contribution < -0.4 is 5.84 Å². The van der Waals surface area contributed by atoms with Crippen LogP contribution in [0.1, 0.15) is 6.92 Å². The fraction of sp³-hybridized carbons (Fsp3) is 0.214. The smallest absolute Gasteiger partial charge is 0.337 e. The maximum absolute atomic E-state index is 11.1. The molecule has 1 aliphatic heterocycles. The molecule has 2 rings (SSSR count). The molecule has 0 unspecified atom stereocenters. The van der Waals surface area contributed by atoms with Crippen LogP contribution in [0.3, 0.4) is 0 Å². The normalized spacial score (nSPS) is 12.6. The molecule has 11 heteroatoms. The van der Waals surface area contributed by atoms with Gasteiger partial charge in [0.2, 0.25) is 0 Å². The number of non-ortho nitro benzene ring substituents is 1. The van der Waals surface area contributed by atoms with Gasteiger partial charge in [-0.3, -0.25) is 20.2 Å². The second kappa shape index (κ2) is 8.98. The van der Waals surface area contributed by atoms with Gasteiger partial charge in [-0.1, -0.05) is 0 Å². The molecule has 0 fully saturated rings. The van der Waals surface area contributed by atoms with E-state index in [1.165, 1.54) is 5.01 Å². The molecule has 1 heterocycles. The molecule has 25 heavy (non-hydrogen) atoms. The zero-order valence-corrected chi connectivity index (χ0v) is 13.2. The molecule has 1 aromatic rings. The van der Waals surface area contributed by atoms with Crippen molar-refractivity contribution in [1.82, 2.24) is 5.01 Å². The molecule has 0 saturated heterocycles. The minimum Gasteiger partial charge on any atom is -0.502 e. The average molecular weight is 352 g/mol. The first-order valence-corrected chi connectivity index (χ1v) is 6.94. The summed E-state index contributed by atoms with van der Waals surface area (Å²) >= 11 is 0. The van der Waals surface area contributed by atoms with Gasteiger partial charge in [0, 0.05) is 12.3 Å². The number of esters is 1. The van der Waals surface area contributed by atoms with Gasteiger partial charge < -0.3 is 14.9 Å². The zero-order chi connectivity index (χ0) is 19.0. The number of nitrogens with two attached hydrogens (primary N) is 1. The fourth-order valence-electron chi connectivity index (χ4n) is 1.65. The van der Waals surface area contributed by atoms with Crippen LogP contribution in [-0.2, 0) is 9.53 Å². The third-order valence-electron chi connectivity index (χ3n) is 2.85. The molecule has 0 bridgehead atoms. The van der Waals surface area contributed by atoms with Crippen molar-refractivity contribution in [2.24, 2.45) is 5.84 Å². The van der Waals surface area contributed by atoms with Gasteiger partial charge in [0.1, 0.15) is 0 Å². The molecule has 11 nitrogen and oxygen atoms in total. The first-order chi connectivity index (χ1) is 11.8. The van der Waals surface area contributed by atoms with Crippen LogP contribution in [0.4, 0.5) is 11.4 Å². The third kappa shape index (κ3) is 5.91. The third-order valence-corrected chi connectivity index (χ3v) is 2.85. The van der Waals surface area contributed by atoms with Crippen LogP contribution in [-0.4, -0.2) is 39.1 Å². The predicted molar refractivity (Wildman–Crippen MR) is 86.2 cm³/mol. The summed E-state index contributed by atoms with van der Waals surface area (Å²) in [5.41, 5.74) is -0.530. The molecule has 0 atom stereocenters. The van der Waals surface area contributed by atoms with Gasteiger partial charge in [-0.2, -0.15) is 0 Å². The second-order valence-corrected chi connectivity index (χ2v) is 4.58. The minimum atomic E-state index is -0.887. The van der Waals surface area contributed by atoms with E-state index in [4.69, 9.17) is 15.7 Å². The van der Waals surface area contributed by atoms with Gasteiger partial charge >= 0.3 is 11.7 Å². The number of phenols is 1. The number of carbonyl (C=O) groups excluding carboxylic acids is 1. The molecule has 134 valence electrons. The number of benzene rings is 1. The minimum absolute atomic E-state index is 0.290. The first-order valence-electron chi connectivity index (χ1n) is 6.94. The van der Waals surface area contributed by atoms with Crippen LogP contribution in [0.25, 0.3) is 0 Å². The molecule has 0 radical (unpaired) electrons. The van der Waals surface area contributed by atoms with Crippen LogP contribution in [0.2, 0.25) is 0 Å². The number of phenolic OH excluding ortho intramolecular Hbond substituents is 1. The van der Waals surface area contributed by atoms with Crippen LogP contribution in [0.5, 0.6) is 5.75 Å². The Morgan fingerprint density at radius 2 is 2.04 bits per heavy atom. The Balaban J connectivity index is 0.000000251. The maximum Gasteiger partial charge on any atom is 0.337 e. The van der Waals surface area contributed by atoms with E-state index in [-0.39, 0.29) is 5.97 Å². The van der Waals surface area contributed by atoms with Crippen LogP contribution in [0.15, 0.2) is 42.1 Å². The highest BCUT2D eigenvalue weighted by atomic mass is 16.6. The summed E-state index contributed by atoms with van der Waals surface area (Å²) in [5, 5.41) is 30.8. The van der Waals surface area contributed by atoms with Gasteiger partial charge in [-0.25, -0.2) is 10.6 Å². The molecule has 0 aliphatic carbocycles. The molecule has 0 aromatic heterocycles. The Morgan fingerprint density at radius 1 is 1.36 bits per heavy atom. The van der Waals surface area contributed by atoms with E-state index in [0.717, 1.165) is 12.1 Å². The van der Waals surface area contributed by atoms with Gasteiger partial charge in [-0.15, -0.1) is 0 Å². The predicted octanol–water partition coefficient (Wildman–Crippen LogP) is 1.39. The standard InChI is InChI=1S/C8H12N2O2.C6H4N2O5/c1-2-12-8(11)7-3-5-10(9)6-4-7;9-6-2-1-4(7(10)11)3-5(6)8(12)13/h3-5H,2,6,9H2,1H3;1-3,9H. The lowest BCUT2D eigenvalue weighted by Gasteiger charge is -2.15. The van der Waals surface area contributed by atoms with Gasteiger partial charge in [-0.05, 0) is 25.1 Å². The number of nitro groups is 2. The van der Waals surface area contributed by atoms with Gasteiger partial charge in [0.25, 0.3) is 5.69 Å². The molecular weight excluding hydrogens is 336 g/mol. The molecule has 0 amide bonds. The summed E-state index contributed by atoms with van der Waals surface area (Å²) in [4.78, 5) is 29.9. The topological polar surface area (TPSA) is 162 Å². The molecule has 1 aliphatic rings. The van der Waals surface area contributed by atoms with Crippen LogP contribution >= 0.6 is 0 Å². The van der Waals surface area contributed by atoms with Gasteiger partial charge in [0.05, 0.1) is 34.6 Å². The quantitative estimate of drug-likeness (QED) is 0.353. The molecule has 1 aromatic carbocycles. The lowest BCUT2D eigenvalue weighted by Crippen LogP contribution is -2.27. The van der Waals surface area contributed by atoms with E-state index >= 15 is 0 Å². The van der Waals surface area contributed by atoms with Crippen molar-refractivity contribution >= 4 is 17.3 Å². The Labute approximate surface area is 141 Å². The zero-order valence-electron chi connectivity index (χ0n) is 13.2. The number of hydrogen-bond acceptors (Lipinski definition) is 9. The van der Waals surface area contributed by atoms with Crippen LogP contribution in [0, 0.1) is 20.2 Å². The molecule has 0 saturated carbocycles. The van der Waals surface area contributed by atoms with E-state index in [1.54, 1.807) is 25.3 Å². The number of ether oxygens (including phenoxy) is 1. The maximum atomic E-state index is 11.1. The number of hydrogen-bond donors (Lipinski definition) is 2. The highest BCUT2D eigenvalue weighted by Gasteiger charge is 2.18. The highest BCUT2D eigenvalue weighted by molar-refractivity contribution is 5.91. The number of carbonyl (C=O) groups is 1. The first kappa shape index (κ1) is 19.6. The Kier molecular flexibility index (Phi) is 7.03. The molecular formula is C14H16N4O7. The van der Waals surface area contributed by atoms with Gasteiger partial charge in [0.15, 0.2) is 5.75 Å². The monoisotopic (exact) mass is 352 g/mol. The van der Waals surface area contributed by atoms with Crippen molar-refractivity contribution < 1.29 is 24.5 Å². The Hall–Kier alpha value is -3.47. The summed E-state index contributed by atoms with van der Waals surface area (Å²) in [7, 11) is 0. The Bertz CT molecular complexity index is 730. The summed E-state index contributed by atoms with van der Waals surface area (Å²) in [6.45, 7) is 2.72. The average Bonchev–Trinajstić information content (AvgIpc) is 2.56. The van der Waals surface area contributed by atoms with Crippen molar-refractivity contribution in [3.05, 3.63) is 62.4 Å². The highest BCUT2D eigenvalue weighted by Crippen LogP contribution is 2.29. The second-order valence-electron chi connectivity index (χ2n) is 4.58. The number of nitrogens with zero attached hydrogens (tertiary/aromatic N) is 3. The van der Waals surface area contributed by atoms with E-state index in [0.29, 0.717) is 24.8 Å². The Morgan fingerprint density at radius 3 is 2.52 bits per heavy atom. The largest absolute Gasteiger partial charge is 0.502 e. The number of rotatable bonds is 4. The lowest BCUT2D eigenvalue weighted by molar-refractivity contribution is -0.394. The summed E-state index contributed by atoms with van der Waals surface area (Å²) in [5.74, 6) is 4.54. The number of aromatic hydroxyl groups is 1. The molecule has 3 N–H and O–H groups in total. The van der Waals surface area contributed by atoms with Crippen molar-refractivity contribution in [2.45, 2.75) is 6.92 Å². The van der Waals surface area contributed by atoms with Crippen molar-refractivity contribution in [1.29, 1.82) is 0 Å². The summed E-state index contributed by atoms with van der Waals surface area (Å²) in [6.07, 6.45) is 5.02. The van der Waals surface area contributed by atoms with E-state index in [2.05, 4.69) is 0 Å². The van der Waals surface area contributed by atoms with E-state index < -0.39 is 27.0 Å². The SMILES string of the molecule is CCOC(=O)C1=CCN(N)C=C1.O=[N+]([O-])c1ccc(O)c([N+](=O)[O-])c1. The lowest BCUT2D eigenvalue weighted by atomic mass is 10.2. The summed E-state index contributed by atoms with van der Waals surface area (Å²) in [6, 6.07) is 2.61.